The molecule has 0 bridgehead atoms. The summed E-state index contributed by atoms with van der Waals surface area (Å²) in [6.45, 7) is 2.16. The lowest BCUT2D eigenvalue weighted by Crippen LogP contribution is -2.16. The standard InChI is InChI=1S/C26H33F3N4O4S2/c1-3-4-5-6-7-8-9-10-19-39(36,37)32-21-13-15-22(16-14-21)33-24(30-25(31-33)26(27,28)29)20-11-17-23(18-12-20)38(2,34)35/h11-18,32H,3-10,19H2,1-2H3. The van der Waals surface area contributed by atoms with Crippen molar-refractivity contribution >= 4 is 25.5 Å². The number of halogens is 3. The summed E-state index contributed by atoms with van der Waals surface area (Å²) in [5.41, 5.74) is 0.709. The van der Waals surface area contributed by atoms with Crippen LogP contribution in [0.25, 0.3) is 17.1 Å². The largest absolute Gasteiger partial charge is 0.453 e. The van der Waals surface area contributed by atoms with Gasteiger partial charge >= 0.3 is 6.18 Å². The molecule has 2 aromatic carbocycles. The molecule has 3 rings (SSSR count). The van der Waals surface area contributed by atoms with Gasteiger partial charge in [-0.05, 0) is 55.0 Å². The third kappa shape index (κ3) is 9.06. The minimum Gasteiger partial charge on any atom is -0.284 e. The first kappa shape index (κ1) is 30.6. The van der Waals surface area contributed by atoms with Crippen molar-refractivity contribution in [2.45, 2.75) is 69.4 Å². The first-order valence-electron chi connectivity index (χ1n) is 12.8. The van der Waals surface area contributed by atoms with Crippen LogP contribution in [-0.4, -0.2) is 43.6 Å². The van der Waals surface area contributed by atoms with E-state index >= 15 is 0 Å². The summed E-state index contributed by atoms with van der Waals surface area (Å²) in [4.78, 5) is 3.65. The van der Waals surface area contributed by atoms with Crippen molar-refractivity contribution in [1.29, 1.82) is 0 Å². The maximum absolute atomic E-state index is 13.4. The van der Waals surface area contributed by atoms with Crippen molar-refractivity contribution in [2.24, 2.45) is 0 Å². The first-order chi connectivity index (χ1) is 18.3. The molecule has 3 aromatic rings. The average Bonchev–Trinajstić information content (AvgIpc) is 3.32. The highest BCUT2D eigenvalue weighted by Gasteiger charge is 2.37. The summed E-state index contributed by atoms with van der Waals surface area (Å²) in [5, 5.41) is 3.61. The van der Waals surface area contributed by atoms with Crippen molar-refractivity contribution < 1.29 is 30.0 Å². The van der Waals surface area contributed by atoms with Gasteiger partial charge in [-0.2, -0.15) is 13.2 Å². The molecule has 0 spiro atoms. The molecule has 0 aliphatic carbocycles. The number of unbranched alkanes of at least 4 members (excludes halogenated alkanes) is 7. The van der Waals surface area contributed by atoms with Gasteiger partial charge in [0.1, 0.15) is 0 Å². The van der Waals surface area contributed by atoms with Crippen LogP contribution in [-0.2, 0) is 26.0 Å². The Morgan fingerprint density at radius 2 is 1.38 bits per heavy atom. The van der Waals surface area contributed by atoms with Gasteiger partial charge in [0.05, 0.1) is 16.3 Å². The van der Waals surface area contributed by atoms with E-state index in [9.17, 15) is 30.0 Å². The van der Waals surface area contributed by atoms with Crippen LogP contribution in [0.1, 0.15) is 64.1 Å². The van der Waals surface area contributed by atoms with E-state index in [0.29, 0.717) is 6.42 Å². The number of sulfone groups is 1. The van der Waals surface area contributed by atoms with E-state index in [1.54, 1.807) is 0 Å². The van der Waals surface area contributed by atoms with Gasteiger partial charge in [-0.1, -0.05) is 51.9 Å². The molecule has 0 atom stereocenters. The third-order valence-corrected chi connectivity index (χ3v) is 8.55. The van der Waals surface area contributed by atoms with Crippen molar-refractivity contribution in [3.05, 3.63) is 54.4 Å². The molecule has 39 heavy (non-hydrogen) atoms. The van der Waals surface area contributed by atoms with E-state index in [1.807, 2.05) is 0 Å². The van der Waals surface area contributed by atoms with Gasteiger partial charge in [-0.3, -0.25) is 4.72 Å². The summed E-state index contributed by atoms with van der Waals surface area (Å²) >= 11 is 0. The fourth-order valence-electron chi connectivity index (χ4n) is 3.98. The molecule has 0 aliphatic rings. The zero-order valence-corrected chi connectivity index (χ0v) is 23.5. The second kappa shape index (κ2) is 12.9. The molecule has 1 heterocycles. The lowest BCUT2D eigenvalue weighted by Gasteiger charge is -2.10. The second-order valence-electron chi connectivity index (χ2n) is 9.41. The molecular weight excluding hydrogens is 553 g/mol. The topological polar surface area (TPSA) is 111 Å². The van der Waals surface area contributed by atoms with E-state index in [2.05, 4.69) is 21.7 Å². The molecule has 214 valence electrons. The Morgan fingerprint density at radius 3 is 1.92 bits per heavy atom. The number of aromatic nitrogens is 3. The molecular formula is C26H33F3N4O4S2. The molecule has 0 saturated heterocycles. The number of sulfonamides is 1. The number of alkyl halides is 3. The molecule has 0 amide bonds. The van der Waals surface area contributed by atoms with Crippen molar-refractivity contribution in [2.75, 3.05) is 16.7 Å². The van der Waals surface area contributed by atoms with Gasteiger partial charge < -0.3 is 0 Å². The van der Waals surface area contributed by atoms with E-state index in [1.165, 1.54) is 67.8 Å². The van der Waals surface area contributed by atoms with Crippen molar-refractivity contribution in [3.8, 4) is 17.1 Å². The Hall–Kier alpha value is -2.93. The maximum atomic E-state index is 13.4. The van der Waals surface area contributed by atoms with Crippen molar-refractivity contribution in [3.63, 3.8) is 0 Å². The summed E-state index contributed by atoms with van der Waals surface area (Å²) in [6.07, 6.45) is 4.44. The van der Waals surface area contributed by atoms with Crippen LogP contribution in [0.15, 0.2) is 53.4 Å². The lowest BCUT2D eigenvalue weighted by atomic mass is 10.1. The number of nitrogens with one attached hydrogen (secondary N) is 1. The molecule has 8 nitrogen and oxygen atoms in total. The minimum absolute atomic E-state index is 0.0111. The fraction of sp³-hybridized carbons (Fsp3) is 0.462. The molecule has 0 radical (unpaired) electrons. The van der Waals surface area contributed by atoms with Gasteiger partial charge in [-0.15, -0.1) is 5.10 Å². The van der Waals surface area contributed by atoms with Crippen LogP contribution >= 0.6 is 0 Å². The molecule has 13 heteroatoms. The Labute approximate surface area is 227 Å². The van der Waals surface area contributed by atoms with Crippen LogP contribution in [0.3, 0.4) is 0 Å². The first-order valence-corrected chi connectivity index (χ1v) is 16.3. The normalized spacial score (nSPS) is 12.5. The Balaban J connectivity index is 1.72. The number of benzene rings is 2. The van der Waals surface area contributed by atoms with E-state index in [4.69, 9.17) is 0 Å². The molecule has 0 saturated carbocycles. The summed E-state index contributed by atoms with van der Waals surface area (Å²) in [7, 11) is -7.07. The number of nitrogens with zero attached hydrogens (tertiary/aromatic N) is 3. The van der Waals surface area contributed by atoms with Gasteiger partial charge in [0.25, 0.3) is 5.82 Å². The molecule has 0 fully saturated rings. The van der Waals surface area contributed by atoms with Crippen LogP contribution in [0.2, 0.25) is 0 Å². The fourth-order valence-corrected chi connectivity index (χ4v) is 5.79. The molecule has 1 aromatic heterocycles. The van der Waals surface area contributed by atoms with Crippen LogP contribution in [0.4, 0.5) is 18.9 Å². The molecule has 0 aliphatic heterocycles. The van der Waals surface area contributed by atoms with Crippen LogP contribution in [0.5, 0.6) is 0 Å². The zero-order valence-electron chi connectivity index (χ0n) is 21.9. The number of rotatable bonds is 14. The van der Waals surface area contributed by atoms with E-state index < -0.39 is 31.9 Å². The Kier molecular flexibility index (Phi) is 10.2. The third-order valence-electron chi connectivity index (χ3n) is 6.05. The SMILES string of the molecule is CCCCCCCCCCS(=O)(=O)Nc1ccc(-n2nc(C(F)(F)F)nc2-c2ccc(S(C)(=O)=O)cc2)cc1. The molecule has 1 N–H and O–H groups in total. The number of anilines is 1. The average molecular weight is 587 g/mol. The Bertz CT molecular complexity index is 1440. The van der Waals surface area contributed by atoms with E-state index in [0.717, 1.165) is 36.6 Å². The predicted molar refractivity (Wildman–Crippen MR) is 145 cm³/mol. The summed E-state index contributed by atoms with van der Waals surface area (Å²) < 4.78 is 92.1. The van der Waals surface area contributed by atoms with Gasteiger partial charge in [-0.25, -0.2) is 26.5 Å². The smallest absolute Gasteiger partial charge is 0.284 e. The summed E-state index contributed by atoms with van der Waals surface area (Å²) in [6, 6.07) is 11.0. The van der Waals surface area contributed by atoms with Crippen LogP contribution < -0.4 is 4.72 Å². The van der Waals surface area contributed by atoms with Crippen LogP contribution in [0, 0.1) is 0 Å². The van der Waals surface area contributed by atoms with Crippen molar-refractivity contribution in [1.82, 2.24) is 14.8 Å². The maximum Gasteiger partial charge on any atom is 0.453 e. The Morgan fingerprint density at radius 1 is 0.821 bits per heavy atom. The second-order valence-corrected chi connectivity index (χ2v) is 13.3. The molecule has 0 unspecified atom stereocenters. The quantitative estimate of drug-likeness (QED) is 0.224. The number of hydrogen-bond donors (Lipinski definition) is 1. The highest BCUT2D eigenvalue weighted by molar-refractivity contribution is 7.92. The van der Waals surface area contributed by atoms with E-state index in [-0.39, 0.29) is 33.4 Å². The summed E-state index contributed by atoms with van der Waals surface area (Å²) in [5.74, 6) is -1.53. The predicted octanol–water partition coefficient (Wildman–Crippen LogP) is 6.24. The minimum atomic E-state index is -4.81. The lowest BCUT2D eigenvalue weighted by molar-refractivity contribution is -0.144. The highest BCUT2D eigenvalue weighted by Crippen LogP contribution is 2.31. The van der Waals surface area contributed by atoms with Gasteiger partial charge in [0.15, 0.2) is 15.7 Å². The zero-order chi connectivity index (χ0) is 28.7. The van der Waals surface area contributed by atoms with Gasteiger partial charge in [0.2, 0.25) is 10.0 Å². The van der Waals surface area contributed by atoms with Gasteiger partial charge in [0, 0.05) is 17.5 Å². The highest BCUT2D eigenvalue weighted by atomic mass is 32.2. The monoisotopic (exact) mass is 586 g/mol. The number of hydrogen-bond acceptors (Lipinski definition) is 6.